The van der Waals surface area contributed by atoms with Crippen LogP contribution in [-0.4, -0.2) is 25.2 Å². The van der Waals surface area contributed by atoms with E-state index in [2.05, 4.69) is 20.5 Å². The van der Waals surface area contributed by atoms with Gasteiger partial charge in [-0.05, 0) is 12.1 Å². The summed E-state index contributed by atoms with van der Waals surface area (Å²) in [5.74, 6) is 0.274. The van der Waals surface area contributed by atoms with Gasteiger partial charge in [0.15, 0.2) is 5.69 Å². The SMILES string of the molecule is Cn1cc(-c2nnc(-c3cc4ccccc4oc3=O)o2)nn1. The molecule has 8 nitrogen and oxygen atoms in total. The Hall–Kier alpha value is -3.29. The van der Waals surface area contributed by atoms with Crippen molar-refractivity contribution in [2.24, 2.45) is 7.05 Å². The highest BCUT2D eigenvalue weighted by atomic mass is 16.4. The Morgan fingerprint density at radius 1 is 1.05 bits per heavy atom. The van der Waals surface area contributed by atoms with Gasteiger partial charge in [-0.15, -0.1) is 15.3 Å². The summed E-state index contributed by atoms with van der Waals surface area (Å²) in [5, 5.41) is 16.2. The van der Waals surface area contributed by atoms with E-state index in [0.29, 0.717) is 11.3 Å². The number of aryl methyl sites for hydroxylation is 1. The fourth-order valence-corrected chi connectivity index (χ4v) is 2.09. The monoisotopic (exact) mass is 295 g/mol. The number of fused-ring (bicyclic) bond motifs is 1. The van der Waals surface area contributed by atoms with Gasteiger partial charge in [0.2, 0.25) is 0 Å². The third-order valence-corrected chi connectivity index (χ3v) is 3.12. The van der Waals surface area contributed by atoms with Crippen LogP contribution < -0.4 is 5.63 Å². The van der Waals surface area contributed by atoms with E-state index in [-0.39, 0.29) is 17.3 Å². The van der Waals surface area contributed by atoms with E-state index >= 15 is 0 Å². The zero-order valence-electron chi connectivity index (χ0n) is 11.4. The smallest absolute Gasteiger partial charge is 0.349 e. The maximum absolute atomic E-state index is 12.1. The van der Waals surface area contributed by atoms with Gasteiger partial charge in [0.1, 0.15) is 11.1 Å². The first kappa shape index (κ1) is 12.5. The Bertz CT molecular complexity index is 1030. The molecule has 0 atom stereocenters. The van der Waals surface area contributed by atoms with Gasteiger partial charge in [0.05, 0.1) is 6.20 Å². The van der Waals surface area contributed by atoms with E-state index in [1.54, 1.807) is 31.4 Å². The molecule has 0 bridgehead atoms. The number of para-hydroxylation sites is 1. The summed E-state index contributed by atoms with van der Waals surface area (Å²) in [6.45, 7) is 0. The van der Waals surface area contributed by atoms with E-state index in [0.717, 1.165) is 5.39 Å². The summed E-state index contributed by atoms with van der Waals surface area (Å²) in [6, 6.07) is 8.87. The quantitative estimate of drug-likeness (QED) is 0.518. The van der Waals surface area contributed by atoms with Crippen LogP contribution in [0.2, 0.25) is 0 Å². The molecule has 0 aliphatic carbocycles. The van der Waals surface area contributed by atoms with Gasteiger partial charge in [-0.2, -0.15) is 0 Å². The fourth-order valence-electron chi connectivity index (χ4n) is 2.09. The van der Waals surface area contributed by atoms with Crippen molar-refractivity contribution in [3.8, 4) is 23.0 Å². The number of hydrogen-bond donors (Lipinski definition) is 0. The second-order valence-electron chi connectivity index (χ2n) is 4.68. The molecule has 0 amide bonds. The number of aromatic nitrogens is 5. The first-order valence-electron chi connectivity index (χ1n) is 6.44. The number of benzene rings is 1. The minimum atomic E-state index is -0.534. The molecule has 4 rings (SSSR count). The number of rotatable bonds is 2. The van der Waals surface area contributed by atoms with E-state index in [4.69, 9.17) is 8.83 Å². The van der Waals surface area contributed by atoms with Crippen LogP contribution in [0, 0.1) is 0 Å². The molecule has 0 radical (unpaired) electrons. The van der Waals surface area contributed by atoms with Gasteiger partial charge < -0.3 is 8.83 Å². The molecule has 4 aromatic rings. The molecular weight excluding hydrogens is 286 g/mol. The van der Waals surface area contributed by atoms with Crippen LogP contribution in [0.15, 0.2) is 50.2 Å². The zero-order chi connectivity index (χ0) is 15.1. The Balaban J connectivity index is 1.84. The molecule has 3 heterocycles. The average molecular weight is 295 g/mol. The summed E-state index contributed by atoms with van der Waals surface area (Å²) in [4.78, 5) is 12.1. The standard InChI is InChI=1S/C14H9N5O3/c1-19-7-10(15-18-19)13-17-16-12(22-13)9-6-8-4-2-3-5-11(8)21-14(9)20/h2-7H,1H3. The van der Waals surface area contributed by atoms with Crippen LogP contribution in [0.1, 0.15) is 0 Å². The van der Waals surface area contributed by atoms with Crippen LogP contribution in [0.3, 0.4) is 0 Å². The predicted molar refractivity (Wildman–Crippen MR) is 75.8 cm³/mol. The minimum absolute atomic E-state index is 0.0835. The predicted octanol–water partition coefficient (Wildman–Crippen LogP) is 1.64. The Labute approximate surface area is 123 Å². The zero-order valence-corrected chi connectivity index (χ0v) is 11.4. The molecule has 0 unspecified atom stereocenters. The van der Waals surface area contributed by atoms with Crippen molar-refractivity contribution in [2.45, 2.75) is 0 Å². The van der Waals surface area contributed by atoms with Crippen LogP contribution >= 0.6 is 0 Å². The highest BCUT2D eigenvalue weighted by Crippen LogP contribution is 2.22. The summed E-state index contributed by atoms with van der Waals surface area (Å²) in [5.41, 5.74) is 0.616. The van der Waals surface area contributed by atoms with Gasteiger partial charge in [0.25, 0.3) is 11.8 Å². The highest BCUT2D eigenvalue weighted by molar-refractivity contribution is 5.80. The van der Waals surface area contributed by atoms with Gasteiger partial charge in [0, 0.05) is 12.4 Å². The molecule has 0 saturated heterocycles. The van der Waals surface area contributed by atoms with Crippen LogP contribution in [0.4, 0.5) is 0 Å². The first-order chi connectivity index (χ1) is 10.7. The molecule has 0 fully saturated rings. The molecule has 0 aliphatic heterocycles. The van der Waals surface area contributed by atoms with Crippen LogP contribution in [0.5, 0.6) is 0 Å². The fraction of sp³-hybridized carbons (Fsp3) is 0.0714. The van der Waals surface area contributed by atoms with Crippen molar-refractivity contribution in [3.63, 3.8) is 0 Å². The Morgan fingerprint density at radius 2 is 1.86 bits per heavy atom. The summed E-state index contributed by atoms with van der Waals surface area (Å²) in [6.07, 6.45) is 1.64. The van der Waals surface area contributed by atoms with E-state index < -0.39 is 5.63 Å². The highest BCUT2D eigenvalue weighted by Gasteiger charge is 2.17. The summed E-state index contributed by atoms with van der Waals surface area (Å²) < 4.78 is 12.3. The van der Waals surface area contributed by atoms with E-state index in [1.807, 2.05) is 12.1 Å². The van der Waals surface area contributed by atoms with Crippen molar-refractivity contribution in [2.75, 3.05) is 0 Å². The minimum Gasteiger partial charge on any atom is -0.422 e. The van der Waals surface area contributed by atoms with Gasteiger partial charge in [-0.1, -0.05) is 23.4 Å². The maximum Gasteiger partial charge on any atom is 0.349 e. The Kier molecular flexibility index (Phi) is 2.62. The van der Waals surface area contributed by atoms with Crippen molar-refractivity contribution >= 4 is 11.0 Å². The summed E-state index contributed by atoms with van der Waals surface area (Å²) in [7, 11) is 1.73. The van der Waals surface area contributed by atoms with Crippen molar-refractivity contribution in [3.05, 3.63) is 46.9 Å². The second kappa shape index (κ2) is 4.62. The molecule has 0 N–H and O–H groups in total. The molecule has 8 heteroatoms. The largest absolute Gasteiger partial charge is 0.422 e. The number of hydrogen-bond acceptors (Lipinski definition) is 7. The molecule has 108 valence electrons. The van der Waals surface area contributed by atoms with Gasteiger partial charge >= 0.3 is 5.63 Å². The topological polar surface area (TPSA) is 99.8 Å². The van der Waals surface area contributed by atoms with Crippen LogP contribution in [-0.2, 0) is 7.05 Å². The second-order valence-corrected chi connectivity index (χ2v) is 4.68. The molecule has 22 heavy (non-hydrogen) atoms. The molecular formula is C14H9N5O3. The molecule has 0 aliphatic rings. The first-order valence-corrected chi connectivity index (χ1v) is 6.44. The lowest BCUT2D eigenvalue weighted by molar-refractivity contribution is 0.546. The van der Waals surface area contributed by atoms with Gasteiger partial charge in [-0.25, -0.2) is 4.79 Å². The third kappa shape index (κ3) is 1.97. The lowest BCUT2D eigenvalue weighted by Gasteiger charge is -1.97. The van der Waals surface area contributed by atoms with Crippen molar-refractivity contribution in [1.29, 1.82) is 0 Å². The lowest BCUT2D eigenvalue weighted by atomic mass is 10.2. The Morgan fingerprint density at radius 3 is 2.68 bits per heavy atom. The van der Waals surface area contributed by atoms with E-state index in [9.17, 15) is 4.79 Å². The maximum atomic E-state index is 12.1. The number of nitrogens with zero attached hydrogens (tertiary/aromatic N) is 5. The van der Waals surface area contributed by atoms with Crippen molar-refractivity contribution in [1.82, 2.24) is 25.2 Å². The molecule has 3 aromatic heterocycles. The lowest BCUT2D eigenvalue weighted by Crippen LogP contribution is -2.02. The molecule has 1 aromatic carbocycles. The van der Waals surface area contributed by atoms with Gasteiger partial charge in [-0.3, -0.25) is 4.68 Å². The normalized spacial score (nSPS) is 11.1. The van der Waals surface area contributed by atoms with Crippen LogP contribution in [0.25, 0.3) is 34.0 Å². The summed E-state index contributed by atoms with van der Waals surface area (Å²) >= 11 is 0. The molecule has 0 spiro atoms. The third-order valence-electron chi connectivity index (χ3n) is 3.12. The van der Waals surface area contributed by atoms with E-state index in [1.165, 1.54) is 4.68 Å². The average Bonchev–Trinajstić information content (AvgIpc) is 3.15. The molecule has 0 saturated carbocycles. The van der Waals surface area contributed by atoms with Crippen molar-refractivity contribution < 1.29 is 8.83 Å².